The van der Waals surface area contributed by atoms with Gasteiger partial charge in [-0.15, -0.1) is 0 Å². The summed E-state index contributed by atoms with van der Waals surface area (Å²) in [7, 11) is 1.98. The predicted molar refractivity (Wildman–Crippen MR) is 93.3 cm³/mol. The molecule has 2 fully saturated rings. The van der Waals surface area contributed by atoms with E-state index in [-0.39, 0.29) is 29.4 Å². The second kappa shape index (κ2) is 6.36. The Morgan fingerprint density at radius 1 is 1.46 bits per heavy atom. The van der Waals surface area contributed by atoms with Crippen LogP contribution in [-0.4, -0.2) is 28.1 Å². The number of allylic oxidation sites excluding steroid dienone is 2. The van der Waals surface area contributed by atoms with Crippen molar-refractivity contribution in [3.63, 3.8) is 0 Å². The highest BCUT2D eigenvalue weighted by Crippen LogP contribution is 2.59. The van der Waals surface area contributed by atoms with Gasteiger partial charge in [-0.25, -0.2) is 4.98 Å². The topological polar surface area (TPSA) is 56.1 Å². The van der Waals surface area contributed by atoms with E-state index in [1.807, 2.05) is 17.8 Å². The number of carbonyl (C=O) groups is 1. The Labute approximate surface area is 144 Å². The van der Waals surface area contributed by atoms with E-state index in [0.29, 0.717) is 12.5 Å². The SMILES string of the molecule is CC(C)=C[C@@H]1[C@H](C(=O)N[C@H]2CCO[C@@H](c3cncn3C)C2)C1(C)C. The van der Waals surface area contributed by atoms with Crippen LogP contribution in [0.4, 0.5) is 0 Å². The van der Waals surface area contributed by atoms with E-state index in [1.165, 1.54) is 5.57 Å². The van der Waals surface area contributed by atoms with Crippen LogP contribution in [0, 0.1) is 17.3 Å². The molecule has 0 aromatic carbocycles. The number of amides is 1. The molecule has 1 amide bonds. The molecule has 5 heteroatoms. The summed E-state index contributed by atoms with van der Waals surface area (Å²) in [6, 6.07) is 0.176. The zero-order valence-corrected chi connectivity index (χ0v) is 15.4. The third-order valence-electron chi connectivity index (χ3n) is 5.52. The van der Waals surface area contributed by atoms with Gasteiger partial charge in [0.15, 0.2) is 0 Å². The van der Waals surface area contributed by atoms with Crippen molar-refractivity contribution in [2.75, 3.05) is 6.61 Å². The Balaban J connectivity index is 1.61. The maximum absolute atomic E-state index is 12.7. The van der Waals surface area contributed by atoms with Crippen LogP contribution >= 0.6 is 0 Å². The third-order valence-corrected chi connectivity index (χ3v) is 5.52. The van der Waals surface area contributed by atoms with E-state index in [0.717, 1.165) is 18.5 Å². The minimum absolute atomic E-state index is 0.0114. The number of hydrogen-bond donors (Lipinski definition) is 1. The van der Waals surface area contributed by atoms with Crippen molar-refractivity contribution in [3.8, 4) is 0 Å². The van der Waals surface area contributed by atoms with Gasteiger partial charge in [-0.3, -0.25) is 4.79 Å². The van der Waals surface area contributed by atoms with Crippen molar-refractivity contribution in [2.24, 2.45) is 24.3 Å². The molecule has 132 valence electrons. The lowest BCUT2D eigenvalue weighted by Crippen LogP contribution is -2.41. The monoisotopic (exact) mass is 331 g/mol. The number of ether oxygens (including phenoxy) is 1. The first-order valence-corrected chi connectivity index (χ1v) is 8.84. The molecule has 0 spiro atoms. The number of aromatic nitrogens is 2. The van der Waals surface area contributed by atoms with Crippen LogP contribution in [0.1, 0.15) is 52.3 Å². The van der Waals surface area contributed by atoms with Gasteiger partial charge in [-0.1, -0.05) is 25.5 Å². The molecule has 0 radical (unpaired) electrons. The molecule has 4 atom stereocenters. The second-order valence-electron chi connectivity index (χ2n) is 8.09. The fourth-order valence-corrected chi connectivity index (χ4v) is 3.95. The van der Waals surface area contributed by atoms with E-state index in [9.17, 15) is 4.79 Å². The summed E-state index contributed by atoms with van der Waals surface area (Å²) in [5.74, 6) is 0.638. The van der Waals surface area contributed by atoms with Crippen molar-refractivity contribution >= 4 is 5.91 Å². The zero-order chi connectivity index (χ0) is 17.5. The van der Waals surface area contributed by atoms with Gasteiger partial charge in [0, 0.05) is 19.7 Å². The summed E-state index contributed by atoms with van der Waals surface area (Å²) in [4.78, 5) is 16.9. The summed E-state index contributed by atoms with van der Waals surface area (Å²) in [6.45, 7) is 9.24. The Bertz CT molecular complexity index is 643. The first-order valence-electron chi connectivity index (χ1n) is 8.84. The van der Waals surface area contributed by atoms with Crippen molar-refractivity contribution in [1.82, 2.24) is 14.9 Å². The molecule has 3 rings (SSSR count). The average molecular weight is 331 g/mol. The van der Waals surface area contributed by atoms with Crippen LogP contribution < -0.4 is 5.32 Å². The highest BCUT2D eigenvalue weighted by Gasteiger charge is 2.60. The highest BCUT2D eigenvalue weighted by molar-refractivity contribution is 5.84. The molecule has 1 saturated carbocycles. The minimum atomic E-state index is 0.0114. The molecular formula is C19H29N3O2. The molecule has 1 N–H and O–H groups in total. The third kappa shape index (κ3) is 3.27. The van der Waals surface area contributed by atoms with E-state index in [2.05, 4.69) is 44.1 Å². The Morgan fingerprint density at radius 2 is 2.21 bits per heavy atom. The number of carbonyl (C=O) groups excluding carboxylic acids is 1. The van der Waals surface area contributed by atoms with Crippen LogP contribution in [0.25, 0.3) is 0 Å². The molecule has 5 nitrogen and oxygen atoms in total. The number of imidazole rings is 1. The van der Waals surface area contributed by atoms with Crippen molar-refractivity contribution in [1.29, 1.82) is 0 Å². The van der Waals surface area contributed by atoms with Gasteiger partial charge in [0.2, 0.25) is 5.91 Å². The smallest absolute Gasteiger partial charge is 0.224 e. The highest BCUT2D eigenvalue weighted by atomic mass is 16.5. The summed E-state index contributed by atoms with van der Waals surface area (Å²) in [5, 5.41) is 3.27. The summed E-state index contributed by atoms with van der Waals surface area (Å²) in [5.41, 5.74) is 2.42. The standard InChI is InChI=1S/C19H29N3O2/c1-12(2)8-14-17(19(14,3)4)18(23)21-13-6-7-24-16(9-13)15-10-20-11-22(15)5/h8,10-11,13-14,16-17H,6-7,9H2,1-5H3,(H,21,23)/t13-,14+,16+,17+/m0/s1. The maximum atomic E-state index is 12.7. The molecule has 1 aliphatic heterocycles. The first-order chi connectivity index (χ1) is 11.3. The molecule has 2 aliphatic rings. The first kappa shape index (κ1) is 17.2. The van der Waals surface area contributed by atoms with E-state index >= 15 is 0 Å². The lowest BCUT2D eigenvalue weighted by molar-refractivity contribution is -0.125. The lowest BCUT2D eigenvalue weighted by atomic mass is 10.0. The Kier molecular flexibility index (Phi) is 4.56. The normalized spacial score (nSPS) is 31.4. The van der Waals surface area contributed by atoms with Crippen LogP contribution in [0.3, 0.4) is 0 Å². The number of hydrogen-bond acceptors (Lipinski definition) is 3. The molecule has 24 heavy (non-hydrogen) atoms. The van der Waals surface area contributed by atoms with Crippen LogP contribution in [0.5, 0.6) is 0 Å². The van der Waals surface area contributed by atoms with Crippen molar-refractivity contribution in [2.45, 2.75) is 52.7 Å². The zero-order valence-electron chi connectivity index (χ0n) is 15.4. The van der Waals surface area contributed by atoms with E-state index in [1.54, 1.807) is 6.33 Å². The van der Waals surface area contributed by atoms with E-state index < -0.39 is 0 Å². The largest absolute Gasteiger partial charge is 0.372 e. The number of aryl methyl sites for hydroxylation is 1. The lowest BCUT2D eigenvalue weighted by Gasteiger charge is -2.30. The molecule has 0 bridgehead atoms. The number of nitrogens with zero attached hydrogens (tertiary/aromatic N) is 2. The Morgan fingerprint density at radius 3 is 2.83 bits per heavy atom. The number of rotatable bonds is 4. The van der Waals surface area contributed by atoms with Crippen molar-refractivity contribution in [3.05, 3.63) is 29.9 Å². The molecule has 0 unspecified atom stereocenters. The fraction of sp³-hybridized carbons (Fsp3) is 0.684. The van der Waals surface area contributed by atoms with E-state index in [4.69, 9.17) is 4.74 Å². The van der Waals surface area contributed by atoms with Gasteiger partial charge in [-0.2, -0.15) is 0 Å². The molecule has 1 aliphatic carbocycles. The average Bonchev–Trinajstić information content (AvgIpc) is 2.82. The van der Waals surface area contributed by atoms with Crippen LogP contribution in [-0.2, 0) is 16.6 Å². The molecule has 1 saturated heterocycles. The summed E-state index contributed by atoms with van der Waals surface area (Å²) < 4.78 is 7.87. The van der Waals surface area contributed by atoms with Gasteiger partial charge in [0.25, 0.3) is 0 Å². The van der Waals surface area contributed by atoms with Crippen LogP contribution in [0.2, 0.25) is 0 Å². The van der Waals surface area contributed by atoms with Gasteiger partial charge in [0.1, 0.15) is 6.10 Å². The summed E-state index contributed by atoms with van der Waals surface area (Å²) >= 11 is 0. The predicted octanol–water partition coefficient (Wildman–Crippen LogP) is 2.99. The summed E-state index contributed by atoms with van der Waals surface area (Å²) in [6.07, 6.45) is 7.58. The van der Waals surface area contributed by atoms with Gasteiger partial charge in [0.05, 0.1) is 24.1 Å². The molecular weight excluding hydrogens is 302 g/mol. The van der Waals surface area contributed by atoms with Gasteiger partial charge in [-0.05, 0) is 38.0 Å². The van der Waals surface area contributed by atoms with Gasteiger partial charge >= 0.3 is 0 Å². The van der Waals surface area contributed by atoms with Gasteiger partial charge < -0.3 is 14.6 Å². The van der Waals surface area contributed by atoms with Crippen LogP contribution in [0.15, 0.2) is 24.2 Å². The molecule has 2 heterocycles. The number of nitrogens with one attached hydrogen (secondary N) is 1. The molecule has 1 aromatic rings. The quantitative estimate of drug-likeness (QED) is 0.863. The second-order valence-corrected chi connectivity index (χ2v) is 8.09. The Hall–Kier alpha value is -1.62. The molecule has 1 aromatic heterocycles. The fourth-order valence-electron chi connectivity index (χ4n) is 3.95. The minimum Gasteiger partial charge on any atom is -0.372 e. The maximum Gasteiger partial charge on any atom is 0.224 e. The van der Waals surface area contributed by atoms with Crippen molar-refractivity contribution < 1.29 is 9.53 Å².